The predicted molar refractivity (Wildman–Crippen MR) is 59.8 cm³/mol. The average Bonchev–Trinajstić information content (AvgIpc) is 2.26. The van der Waals surface area contributed by atoms with Crippen molar-refractivity contribution in [3.8, 4) is 0 Å². The van der Waals surface area contributed by atoms with Crippen molar-refractivity contribution >= 4 is 11.5 Å². The molecule has 0 unspecified atom stereocenters. The van der Waals surface area contributed by atoms with Crippen LogP contribution in [0.5, 0.6) is 0 Å². The summed E-state index contributed by atoms with van der Waals surface area (Å²) in [4.78, 5) is 16.5. The smallest absolute Gasteiger partial charge is 0.210 e. The van der Waals surface area contributed by atoms with E-state index in [1.54, 1.807) is 38.1 Å². The van der Waals surface area contributed by atoms with Gasteiger partial charge in [-0.05, 0) is 13.8 Å². The second-order valence-electron chi connectivity index (χ2n) is 3.17. The Labute approximate surface area is 89.1 Å². The van der Waals surface area contributed by atoms with E-state index in [1.807, 2.05) is 6.07 Å². The molecule has 0 saturated carbocycles. The first-order valence-corrected chi connectivity index (χ1v) is 4.58. The second kappa shape index (κ2) is 5.10. The van der Waals surface area contributed by atoms with E-state index in [2.05, 4.69) is 11.7 Å². The lowest BCUT2D eigenvalue weighted by molar-refractivity contribution is 0.105. The number of Topliss-reactive ketones (excluding diaryl/α,β-unsaturated/α-hetero) is 1. The lowest BCUT2D eigenvalue weighted by Crippen LogP contribution is -2.10. The van der Waals surface area contributed by atoms with Crippen LogP contribution in [0.3, 0.4) is 0 Å². The molecule has 0 N–H and O–H groups in total. The summed E-state index contributed by atoms with van der Waals surface area (Å²) in [5.41, 5.74) is 0.910. The van der Waals surface area contributed by atoms with E-state index in [4.69, 9.17) is 4.84 Å². The molecule has 0 spiro atoms. The second-order valence-corrected chi connectivity index (χ2v) is 3.17. The van der Waals surface area contributed by atoms with Crippen molar-refractivity contribution in [2.24, 2.45) is 5.16 Å². The molecule has 78 valence electrons. The zero-order valence-electron chi connectivity index (χ0n) is 8.86. The van der Waals surface area contributed by atoms with Gasteiger partial charge in [-0.25, -0.2) is 0 Å². The van der Waals surface area contributed by atoms with Crippen LogP contribution in [0.15, 0.2) is 47.8 Å². The molecule has 3 heteroatoms. The number of hydrogen-bond donors (Lipinski definition) is 0. The first kappa shape index (κ1) is 11.2. The monoisotopic (exact) mass is 203 g/mol. The summed E-state index contributed by atoms with van der Waals surface area (Å²) >= 11 is 0. The Morgan fingerprint density at radius 2 is 1.87 bits per heavy atom. The summed E-state index contributed by atoms with van der Waals surface area (Å²) in [5, 5.41) is 3.67. The maximum Gasteiger partial charge on any atom is 0.210 e. The third-order valence-electron chi connectivity index (χ3n) is 1.70. The highest BCUT2D eigenvalue weighted by Crippen LogP contribution is 2.02. The zero-order chi connectivity index (χ0) is 11.3. The maximum absolute atomic E-state index is 11.7. The average molecular weight is 203 g/mol. The van der Waals surface area contributed by atoms with Crippen LogP contribution in [0, 0.1) is 0 Å². The molecule has 0 aromatic heterocycles. The number of oxime groups is 1. The van der Waals surface area contributed by atoms with E-state index < -0.39 is 0 Å². The largest absolute Gasteiger partial charge is 0.362 e. The van der Waals surface area contributed by atoms with E-state index in [0.717, 1.165) is 0 Å². The Morgan fingerprint density at radius 1 is 1.27 bits per heavy atom. The molecule has 3 nitrogen and oxygen atoms in total. The molecule has 0 heterocycles. The molecule has 0 aliphatic carbocycles. The van der Waals surface area contributed by atoms with E-state index in [0.29, 0.717) is 17.0 Å². The van der Waals surface area contributed by atoms with Gasteiger partial charge in [0.1, 0.15) is 11.5 Å². The number of nitrogens with zero attached hydrogens (tertiary/aromatic N) is 1. The molecular weight excluding hydrogens is 190 g/mol. The van der Waals surface area contributed by atoms with Crippen LogP contribution in [0.2, 0.25) is 0 Å². The van der Waals surface area contributed by atoms with Crippen LogP contribution in [0.25, 0.3) is 0 Å². The molecular formula is C12H13NO2. The first-order chi connectivity index (χ1) is 7.11. The fraction of sp³-hybridized carbons (Fsp3) is 0.167. The van der Waals surface area contributed by atoms with Crippen LogP contribution in [-0.4, -0.2) is 11.5 Å². The maximum atomic E-state index is 11.7. The topological polar surface area (TPSA) is 38.7 Å². The Bertz CT molecular complexity index is 393. The number of benzene rings is 1. The van der Waals surface area contributed by atoms with Crippen molar-refractivity contribution < 1.29 is 9.63 Å². The summed E-state index contributed by atoms with van der Waals surface area (Å²) < 4.78 is 0. The van der Waals surface area contributed by atoms with Crippen molar-refractivity contribution in [2.75, 3.05) is 0 Å². The highest BCUT2D eigenvalue weighted by molar-refractivity contribution is 6.45. The molecule has 15 heavy (non-hydrogen) atoms. The highest BCUT2D eigenvalue weighted by Gasteiger charge is 2.09. The number of hydrogen-bond acceptors (Lipinski definition) is 3. The molecule has 0 atom stereocenters. The zero-order valence-corrected chi connectivity index (χ0v) is 8.86. The molecule has 1 rings (SSSR count). The molecule has 0 aliphatic rings. The quantitative estimate of drug-likeness (QED) is 0.326. The normalized spacial score (nSPS) is 10.9. The van der Waals surface area contributed by atoms with E-state index in [-0.39, 0.29) is 5.78 Å². The lowest BCUT2D eigenvalue weighted by Gasteiger charge is -2.00. The predicted octanol–water partition coefficient (Wildman–Crippen LogP) is 2.80. The van der Waals surface area contributed by atoms with Gasteiger partial charge in [-0.2, -0.15) is 0 Å². The van der Waals surface area contributed by atoms with Gasteiger partial charge in [-0.15, -0.1) is 0 Å². The first-order valence-electron chi connectivity index (χ1n) is 4.58. The number of carbonyl (C=O) groups is 1. The van der Waals surface area contributed by atoms with Crippen LogP contribution in [0.4, 0.5) is 0 Å². The molecule has 0 fully saturated rings. The van der Waals surface area contributed by atoms with E-state index >= 15 is 0 Å². The van der Waals surface area contributed by atoms with Crippen molar-refractivity contribution in [3.63, 3.8) is 0 Å². The summed E-state index contributed by atoms with van der Waals surface area (Å²) in [7, 11) is 0. The number of ketones is 1. The van der Waals surface area contributed by atoms with Crippen LogP contribution < -0.4 is 0 Å². The third kappa shape index (κ3) is 3.38. The van der Waals surface area contributed by atoms with Gasteiger partial charge in [-0.3, -0.25) is 4.79 Å². The number of allylic oxidation sites excluding steroid dienone is 1. The van der Waals surface area contributed by atoms with Crippen molar-refractivity contribution in [3.05, 3.63) is 48.2 Å². The van der Waals surface area contributed by atoms with Gasteiger partial charge in [0, 0.05) is 5.56 Å². The summed E-state index contributed by atoms with van der Waals surface area (Å²) in [6.07, 6.45) is 0. The van der Waals surface area contributed by atoms with Crippen molar-refractivity contribution in [1.82, 2.24) is 0 Å². The van der Waals surface area contributed by atoms with E-state index in [9.17, 15) is 4.79 Å². The van der Waals surface area contributed by atoms with Crippen LogP contribution in [-0.2, 0) is 4.84 Å². The fourth-order valence-corrected chi connectivity index (χ4v) is 0.986. The van der Waals surface area contributed by atoms with Crippen molar-refractivity contribution in [1.29, 1.82) is 0 Å². The molecule has 0 radical (unpaired) electrons. The van der Waals surface area contributed by atoms with Crippen LogP contribution in [0.1, 0.15) is 24.2 Å². The highest BCUT2D eigenvalue weighted by atomic mass is 16.6. The standard InChI is InChI=1S/C12H13NO2/c1-9(2)15-13-10(3)12(14)11-7-5-4-6-8-11/h4-8H,1H2,2-3H3. The third-order valence-corrected chi connectivity index (χ3v) is 1.70. The van der Waals surface area contributed by atoms with Gasteiger partial charge in [0.05, 0.1) is 0 Å². The molecule has 0 bridgehead atoms. The van der Waals surface area contributed by atoms with Gasteiger partial charge in [-0.1, -0.05) is 42.1 Å². The molecule has 1 aromatic carbocycles. The van der Waals surface area contributed by atoms with Gasteiger partial charge in [0.15, 0.2) is 0 Å². The minimum absolute atomic E-state index is 0.142. The molecule has 0 saturated heterocycles. The van der Waals surface area contributed by atoms with Gasteiger partial charge >= 0.3 is 0 Å². The number of carbonyl (C=O) groups excluding carboxylic acids is 1. The van der Waals surface area contributed by atoms with Gasteiger partial charge in [0.25, 0.3) is 0 Å². The molecule has 1 aromatic rings. The van der Waals surface area contributed by atoms with E-state index in [1.165, 1.54) is 0 Å². The number of rotatable bonds is 4. The Balaban J connectivity index is 2.77. The molecule has 0 amide bonds. The minimum Gasteiger partial charge on any atom is -0.362 e. The van der Waals surface area contributed by atoms with Crippen LogP contribution >= 0.6 is 0 Å². The SMILES string of the molecule is C=C(C)ON=C(C)C(=O)c1ccccc1. The van der Waals surface area contributed by atoms with Crippen molar-refractivity contribution in [2.45, 2.75) is 13.8 Å². The van der Waals surface area contributed by atoms with Gasteiger partial charge in [0.2, 0.25) is 5.78 Å². The lowest BCUT2D eigenvalue weighted by atomic mass is 10.1. The van der Waals surface area contributed by atoms with Gasteiger partial charge < -0.3 is 4.84 Å². The summed E-state index contributed by atoms with van der Waals surface area (Å²) in [5.74, 6) is 0.312. The Kier molecular flexibility index (Phi) is 3.80. The summed E-state index contributed by atoms with van der Waals surface area (Å²) in [6.45, 7) is 6.80. The minimum atomic E-state index is -0.142. The molecule has 0 aliphatic heterocycles. The summed E-state index contributed by atoms with van der Waals surface area (Å²) in [6, 6.07) is 8.94. The Hall–Kier alpha value is -1.90. The fourth-order valence-electron chi connectivity index (χ4n) is 0.986. The Morgan fingerprint density at radius 3 is 2.40 bits per heavy atom.